The third kappa shape index (κ3) is 3.98. The molecule has 136 valence electrons. The van der Waals surface area contributed by atoms with E-state index in [2.05, 4.69) is 39.8 Å². The summed E-state index contributed by atoms with van der Waals surface area (Å²) < 4.78 is 0. The van der Waals surface area contributed by atoms with Gasteiger partial charge in [0, 0.05) is 41.8 Å². The predicted molar refractivity (Wildman–Crippen MR) is 115 cm³/mol. The van der Waals surface area contributed by atoms with E-state index in [1.165, 1.54) is 0 Å². The Morgan fingerprint density at radius 3 is 2.41 bits per heavy atom. The molecule has 0 atom stereocenters. The van der Waals surface area contributed by atoms with E-state index in [1.54, 1.807) is 6.20 Å². The Morgan fingerprint density at radius 1 is 0.963 bits per heavy atom. The van der Waals surface area contributed by atoms with Gasteiger partial charge in [0.05, 0.1) is 11.4 Å². The number of fused-ring (bicyclic) bond motifs is 1. The standard InChI is InChI=1S/C22H23N5/c1-5-20(23)16-6-7-18-13-26-22(11-19(18)10-16)27-14(2)17-8-9-21(25-12-17)15(3)24-4/h5-13,24H,2-3,23H2,1,4H3,(H,26,27)/b20-5-. The maximum atomic E-state index is 6.02. The topological polar surface area (TPSA) is 75.9 Å². The number of nitrogens with one attached hydrogen (secondary N) is 2. The fraction of sp³-hybridized carbons (Fsp3) is 0.0909. The molecule has 0 fully saturated rings. The summed E-state index contributed by atoms with van der Waals surface area (Å²) in [6.45, 7) is 9.93. The number of rotatable bonds is 6. The van der Waals surface area contributed by atoms with E-state index < -0.39 is 0 Å². The number of hydrogen-bond acceptors (Lipinski definition) is 5. The molecule has 2 heterocycles. The summed E-state index contributed by atoms with van der Waals surface area (Å²) in [6.07, 6.45) is 5.49. The quantitative estimate of drug-likeness (QED) is 0.616. The van der Waals surface area contributed by atoms with Crippen molar-refractivity contribution in [2.45, 2.75) is 6.92 Å². The molecular weight excluding hydrogens is 334 g/mol. The average molecular weight is 357 g/mol. The Bertz CT molecular complexity index is 1030. The van der Waals surface area contributed by atoms with Gasteiger partial charge in [-0.2, -0.15) is 0 Å². The van der Waals surface area contributed by atoms with E-state index in [4.69, 9.17) is 5.73 Å². The van der Waals surface area contributed by atoms with Gasteiger partial charge in [0.25, 0.3) is 0 Å². The van der Waals surface area contributed by atoms with Crippen molar-refractivity contribution in [3.05, 3.63) is 84.8 Å². The third-order valence-corrected chi connectivity index (χ3v) is 4.37. The first-order valence-corrected chi connectivity index (χ1v) is 8.63. The summed E-state index contributed by atoms with van der Waals surface area (Å²) in [6, 6.07) is 11.9. The number of nitrogens with zero attached hydrogens (tertiary/aromatic N) is 2. The van der Waals surface area contributed by atoms with Crippen molar-refractivity contribution in [2.24, 2.45) is 5.73 Å². The maximum Gasteiger partial charge on any atom is 0.130 e. The van der Waals surface area contributed by atoms with Crippen LogP contribution in [0.4, 0.5) is 5.82 Å². The van der Waals surface area contributed by atoms with Gasteiger partial charge in [-0.3, -0.25) is 4.98 Å². The number of pyridine rings is 2. The van der Waals surface area contributed by atoms with Crippen LogP contribution in [0.15, 0.2) is 68.0 Å². The molecule has 0 aliphatic rings. The van der Waals surface area contributed by atoms with Crippen LogP contribution < -0.4 is 16.4 Å². The summed E-state index contributed by atoms with van der Waals surface area (Å²) in [5.41, 5.74) is 10.9. The van der Waals surface area contributed by atoms with Crippen molar-refractivity contribution < 1.29 is 0 Å². The van der Waals surface area contributed by atoms with Crippen molar-refractivity contribution >= 4 is 33.7 Å². The van der Waals surface area contributed by atoms with E-state index in [-0.39, 0.29) is 0 Å². The second kappa shape index (κ2) is 7.74. The lowest BCUT2D eigenvalue weighted by molar-refractivity contribution is 1.10. The highest BCUT2D eigenvalue weighted by molar-refractivity contribution is 5.88. The predicted octanol–water partition coefficient (Wildman–Crippen LogP) is 4.22. The van der Waals surface area contributed by atoms with Gasteiger partial charge in [0.15, 0.2) is 0 Å². The van der Waals surface area contributed by atoms with Gasteiger partial charge in [-0.25, -0.2) is 4.98 Å². The van der Waals surface area contributed by atoms with Crippen LogP contribution in [0, 0.1) is 0 Å². The minimum Gasteiger partial charge on any atom is -0.399 e. The number of nitrogens with two attached hydrogens (primary N) is 1. The van der Waals surface area contributed by atoms with Crippen molar-refractivity contribution in [3.8, 4) is 0 Å². The van der Waals surface area contributed by atoms with Gasteiger partial charge in [0.1, 0.15) is 5.82 Å². The molecule has 0 saturated heterocycles. The second-order valence-electron chi connectivity index (χ2n) is 6.14. The molecule has 0 bridgehead atoms. The van der Waals surface area contributed by atoms with Crippen LogP contribution in [0.3, 0.4) is 0 Å². The van der Waals surface area contributed by atoms with Crippen LogP contribution in [0.5, 0.6) is 0 Å². The third-order valence-electron chi connectivity index (χ3n) is 4.37. The molecular formula is C22H23N5. The molecule has 0 aliphatic carbocycles. The number of aromatic nitrogens is 2. The van der Waals surface area contributed by atoms with E-state index in [0.717, 1.165) is 44.7 Å². The number of allylic oxidation sites excluding steroid dienone is 1. The highest BCUT2D eigenvalue weighted by Gasteiger charge is 2.05. The minimum absolute atomic E-state index is 0.715. The molecule has 0 unspecified atom stereocenters. The van der Waals surface area contributed by atoms with Gasteiger partial charge in [0.2, 0.25) is 0 Å². The molecule has 0 radical (unpaired) electrons. The molecule has 0 amide bonds. The molecule has 5 heteroatoms. The fourth-order valence-corrected chi connectivity index (χ4v) is 2.66. The summed E-state index contributed by atoms with van der Waals surface area (Å²) in [5, 5.41) is 8.34. The summed E-state index contributed by atoms with van der Waals surface area (Å²) in [5.74, 6) is 0.715. The van der Waals surface area contributed by atoms with Crippen LogP contribution in [0.1, 0.15) is 23.7 Å². The highest BCUT2D eigenvalue weighted by Crippen LogP contribution is 2.23. The van der Waals surface area contributed by atoms with E-state index >= 15 is 0 Å². The first-order chi connectivity index (χ1) is 13.0. The lowest BCUT2D eigenvalue weighted by Gasteiger charge is -2.11. The Morgan fingerprint density at radius 2 is 1.74 bits per heavy atom. The normalized spacial score (nSPS) is 11.3. The van der Waals surface area contributed by atoms with Crippen molar-refractivity contribution in [2.75, 3.05) is 12.4 Å². The van der Waals surface area contributed by atoms with Crippen molar-refractivity contribution in [3.63, 3.8) is 0 Å². The molecule has 2 aromatic heterocycles. The summed E-state index contributed by atoms with van der Waals surface area (Å²) >= 11 is 0. The first-order valence-electron chi connectivity index (χ1n) is 8.63. The van der Waals surface area contributed by atoms with Gasteiger partial charge < -0.3 is 16.4 Å². The largest absolute Gasteiger partial charge is 0.399 e. The smallest absolute Gasteiger partial charge is 0.130 e. The zero-order valence-corrected chi connectivity index (χ0v) is 15.6. The SMILES string of the molecule is C=C(Nc1cc2cc(/C(N)=C/C)ccc2cn1)c1ccc(C(=C)NC)nc1. The molecule has 27 heavy (non-hydrogen) atoms. The molecule has 1 aromatic carbocycles. The van der Waals surface area contributed by atoms with Gasteiger partial charge >= 0.3 is 0 Å². The maximum absolute atomic E-state index is 6.02. The molecule has 3 rings (SSSR count). The van der Waals surface area contributed by atoms with Gasteiger partial charge in [-0.05, 0) is 42.1 Å². The first kappa shape index (κ1) is 18.2. The second-order valence-corrected chi connectivity index (χ2v) is 6.14. The van der Waals surface area contributed by atoms with Crippen LogP contribution in [0.2, 0.25) is 0 Å². The molecule has 5 nitrogen and oxygen atoms in total. The van der Waals surface area contributed by atoms with Crippen LogP contribution in [-0.4, -0.2) is 17.0 Å². The highest BCUT2D eigenvalue weighted by atomic mass is 15.0. The zero-order valence-electron chi connectivity index (χ0n) is 15.6. The van der Waals surface area contributed by atoms with Gasteiger partial charge in [-0.15, -0.1) is 0 Å². The molecule has 4 N–H and O–H groups in total. The van der Waals surface area contributed by atoms with Crippen molar-refractivity contribution in [1.82, 2.24) is 15.3 Å². The molecule has 0 spiro atoms. The van der Waals surface area contributed by atoms with Crippen molar-refractivity contribution in [1.29, 1.82) is 0 Å². The molecule has 3 aromatic rings. The van der Waals surface area contributed by atoms with Gasteiger partial charge in [-0.1, -0.05) is 31.4 Å². The molecule has 0 aliphatic heterocycles. The number of anilines is 1. The summed E-state index contributed by atoms with van der Waals surface area (Å²) in [4.78, 5) is 8.86. The molecule has 0 saturated carbocycles. The van der Waals surface area contributed by atoms with Crippen LogP contribution in [0.25, 0.3) is 27.9 Å². The number of hydrogen-bond donors (Lipinski definition) is 3. The van der Waals surface area contributed by atoms with E-state index in [0.29, 0.717) is 5.82 Å². The number of benzene rings is 1. The Labute approximate surface area is 159 Å². The lowest BCUT2D eigenvalue weighted by Crippen LogP contribution is -2.05. The minimum atomic E-state index is 0.715. The average Bonchev–Trinajstić information content (AvgIpc) is 2.72. The van der Waals surface area contributed by atoms with Crippen LogP contribution >= 0.6 is 0 Å². The Hall–Kier alpha value is -3.60. The zero-order chi connectivity index (χ0) is 19.4. The Balaban J connectivity index is 1.83. The Kier molecular flexibility index (Phi) is 5.22. The summed E-state index contributed by atoms with van der Waals surface area (Å²) in [7, 11) is 1.82. The van der Waals surface area contributed by atoms with E-state index in [9.17, 15) is 0 Å². The fourth-order valence-electron chi connectivity index (χ4n) is 2.66. The monoisotopic (exact) mass is 357 g/mol. The lowest BCUT2D eigenvalue weighted by atomic mass is 10.1. The van der Waals surface area contributed by atoms with Crippen LogP contribution in [-0.2, 0) is 0 Å². The van der Waals surface area contributed by atoms with E-state index in [1.807, 2.05) is 56.6 Å².